The summed E-state index contributed by atoms with van der Waals surface area (Å²) >= 11 is 5.45. The molecular weight excluding hydrogens is 223 g/mol. The Hall–Kier alpha value is 0.420. The number of benzene rings is 1. The molecule has 0 aliphatic heterocycles. The Balaban J connectivity index is 0.00000144. The summed E-state index contributed by atoms with van der Waals surface area (Å²) in [6, 6.07) is 5.66. The van der Waals surface area contributed by atoms with Gasteiger partial charge in [-0.1, -0.05) is 12.1 Å². The van der Waals surface area contributed by atoms with E-state index in [1.54, 1.807) is 6.07 Å². The molecule has 0 atom stereocenters. The molecule has 6 heteroatoms. The fourth-order valence-electron chi connectivity index (χ4n) is 0.784. The number of hydrogen-bond acceptors (Lipinski definition) is 3. The van der Waals surface area contributed by atoms with Crippen molar-refractivity contribution in [2.45, 2.75) is 10.8 Å². The monoisotopic (exact) mass is 228 g/mol. The Morgan fingerprint density at radius 1 is 1.38 bits per heavy atom. The van der Waals surface area contributed by atoms with Crippen LogP contribution in [0.4, 0.5) is 0 Å². The van der Waals surface area contributed by atoms with Crippen LogP contribution in [0.15, 0.2) is 29.2 Å². The predicted octanol–water partition coefficient (Wildman–Crippen LogP) is -1.67. The fraction of sp³-hybridized carbons (Fsp3) is 0.143. The molecule has 0 aromatic heterocycles. The van der Waals surface area contributed by atoms with Gasteiger partial charge in [0.05, 0.1) is 4.90 Å². The first-order valence-corrected chi connectivity index (χ1v) is 5.09. The van der Waals surface area contributed by atoms with E-state index in [4.69, 9.17) is 11.6 Å². The summed E-state index contributed by atoms with van der Waals surface area (Å²) in [7, 11) is -4.34. The Labute approximate surface area is 104 Å². The molecule has 0 unspecified atom stereocenters. The van der Waals surface area contributed by atoms with Crippen molar-refractivity contribution in [3.8, 4) is 0 Å². The van der Waals surface area contributed by atoms with E-state index in [0.29, 0.717) is 5.56 Å². The van der Waals surface area contributed by atoms with Gasteiger partial charge >= 0.3 is 29.6 Å². The van der Waals surface area contributed by atoms with E-state index in [1.807, 2.05) is 0 Å². The molecular formula is C7H6ClNaO3S. The maximum absolute atomic E-state index is 10.5. The van der Waals surface area contributed by atoms with Gasteiger partial charge < -0.3 is 4.55 Å². The van der Waals surface area contributed by atoms with Crippen molar-refractivity contribution in [1.82, 2.24) is 0 Å². The van der Waals surface area contributed by atoms with E-state index in [1.165, 1.54) is 18.2 Å². The molecule has 0 amide bonds. The molecule has 0 N–H and O–H groups in total. The molecule has 0 spiro atoms. The number of halogens is 1. The number of rotatable bonds is 2. The second kappa shape index (κ2) is 5.34. The topological polar surface area (TPSA) is 57.2 Å². The van der Waals surface area contributed by atoms with Crippen LogP contribution >= 0.6 is 11.6 Å². The zero-order valence-corrected chi connectivity index (χ0v) is 10.6. The average molecular weight is 229 g/mol. The van der Waals surface area contributed by atoms with Gasteiger partial charge in [-0.2, -0.15) is 0 Å². The minimum atomic E-state index is -4.34. The van der Waals surface area contributed by atoms with Crippen molar-refractivity contribution < 1.29 is 42.5 Å². The summed E-state index contributed by atoms with van der Waals surface area (Å²) in [4.78, 5) is -0.236. The summed E-state index contributed by atoms with van der Waals surface area (Å²) < 4.78 is 31.5. The van der Waals surface area contributed by atoms with Crippen LogP contribution in [-0.4, -0.2) is 13.0 Å². The van der Waals surface area contributed by atoms with Crippen LogP contribution < -0.4 is 29.6 Å². The Bertz CT molecular complexity index is 377. The molecule has 1 rings (SSSR count). The predicted molar refractivity (Wildman–Crippen MR) is 44.0 cm³/mol. The molecule has 1 aromatic carbocycles. The molecule has 0 fully saturated rings. The number of hydrogen-bond donors (Lipinski definition) is 0. The van der Waals surface area contributed by atoms with Gasteiger partial charge in [-0.05, 0) is 17.7 Å². The van der Waals surface area contributed by atoms with Gasteiger partial charge in [0, 0.05) is 5.88 Å². The smallest absolute Gasteiger partial charge is 0.744 e. The van der Waals surface area contributed by atoms with Gasteiger partial charge in [0.15, 0.2) is 0 Å². The molecule has 0 aliphatic rings. The Morgan fingerprint density at radius 2 is 2.00 bits per heavy atom. The van der Waals surface area contributed by atoms with Crippen molar-refractivity contribution in [2.75, 3.05) is 0 Å². The van der Waals surface area contributed by atoms with E-state index in [2.05, 4.69) is 0 Å². The second-order valence-electron chi connectivity index (χ2n) is 2.24. The first kappa shape index (κ1) is 13.4. The van der Waals surface area contributed by atoms with Crippen LogP contribution in [0.3, 0.4) is 0 Å². The molecule has 3 nitrogen and oxygen atoms in total. The average Bonchev–Trinajstić information content (AvgIpc) is 2.03. The summed E-state index contributed by atoms with van der Waals surface area (Å²) in [5.41, 5.74) is 0.619. The van der Waals surface area contributed by atoms with Gasteiger partial charge in [0.25, 0.3) is 0 Å². The van der Waals surface area contributed by atoms with Crippen molar-refractivity contribution in [1.29, 1.82) is 0 Å². The van der Waals surface area contributed by atoms with E-state index in [-0.39, 0.29) is 40.3 Å². The Kier molecular flexibility index (Phi) is 5.51. The van der Waals surface area contributed by atoms with Crippen LogP contribution in [0.5, 0.6) is 0 Å². The normalized spacial score (nSPS) is 10.6. The molecule has 0 heterocycles. The third kappa shape index (κ3) is 3.97. The quantitative estimate of drug-likeness (QED) is 0.346. The second-order valence-corrected chi connectivity index (χ2v) is 3.88. The van der Waals surface area contributed by atoms with Crippen molar-refractivity contribution >= 4 is 21.7 Å². The summed E-state index contributed by atoms with van der Waals surface area (Å²) in [6.45, 7) is 0. The molecule has 0 radical (unpaired) electrons. The Morgan fingerprint density at radius 3 is 2.46 bits per heavy atom. The van der Waals surface area contributed by atoms with Gasteiger partial charge in [-0.25, -0.2) is 8.42 Å². The zero-order chi connectivity index (χ0) is 9.19. The molecule has 66 valence electrons. The minimum Gasteiger partial charge on any atom is -0.744 e. The van der Waals surface area contributed by atoms with Gasteiger partial charge in [-0.15, -0.1) is 11.6 Å². The van der Waals surface area contributed by atoms with Crippen LogP contribution in [0, 0.1) is 0 Å². The zero-order valence-electron chi connectivity index (χ0n) is 7.03. The SMILES string of the molecule is O=S(=O)([O-])c1cccc(CCl)c1.[Na+]. The maximum atomic E-state index is 10.5. The third-order valence-corrected chi connectivity index (χ3v) is 2.48. The van der Waals surface area contributed by atoms with E-state index < -0.39 is 10.1 Å². The molecule has 0 aliphatic carbocycles. The largest absolute Gasteiger partial charge is 1.00 e. The van der Waals surface area contributed by atoms with Gasteiger partial charge in [-0.3, -0.25) is 0 Å². The van der Waals surface area contributed by atoms with Crippen LogP contribution in [0.2, 0.25) is 0 Å². The van der Waals surface area contributed by atoms with Crippen molar-refractivity contribution in [3.63, 3.8) is 0 Å². The van der Waals surface area contributed by atoms with Crippen molar-refractivity contribution in [3.05, 3.63) is 29.8 Å². The van der Waals surface area contributed by atoms with Crippen LogP contribution in [0.25, 0.3) is 0 Å². The van der Waals surface area contributed by atoms with E-state index >= 15 is 0 Å². The first-order chi connectivity index (χ1) is 5.54. The molecule has 0 saturated carbocycles. The molecule has 1 aromatic rings. The molecule has 0 saturated heterocycles. The summed E-state index contributed by atoms with van der Waals surface area (Å²) in [5, 5.41) is 0. The van der Waals surface area contributed by atoms with Gasteiger partial charge in [0.2, 0.25) is 0 Å². The summed E-state index contributed by atoms with van der Waals surface area (Å²) in [6.07, 6.45) is 0. The maximum Gasteiger partial charge on any atom is 1.00 e. The van der Waals surface area contributed by atoms with E-state index in [0.717, 1.165) is 0 Å². The van der Waals surface area contributed by atoms with Crippen LogP contribution in [-0.2, 0) is 16.0 Å². The first-order valence-electron chi connectivity index (χ1n) is 3.15. The van der Waals surface area contributed by atoms with E-state index in [9.17, 15) is 13.0 Å². The summed E-state index contributed by atoms with van der Waals surface area (Å²) in [5.74, 6) is 0.198. The third-order valence-electron chi connectivity index (χ3n) is 1.34. The fourth-order valence-corrected chi connectivity index (χ4v) is 1.49. The molecule has 13 heavy (non-hydrogen) atoms. The van der Waals surface area contributed by atoms with Gasteiger partial charge in [0.1, 0.15) is 10.1 Å². The minimum absolute atomic E-state index is 0. The van der Waals surface area contributed by atoms with Crippen molar-refractivity contribution in [2.24, 2.45) is 0 Å². The number of alkyl halides is 1. The molecule has 0 bridgehead atoms. The van der Waals surface area contributed by atoms with Crippen LogP contribution in [0.1, 0.15) is 5.56 Å². The standard InChI is InChI=1S/C7H7ClO3S.Na/c8-5-6-2-1-3-7(4-6)12(9,10)11;/h1-4H,5H2,(H,9,10,11);/q;+1/p-1.